The minimum Gasteiger partial charge on any atom is -0.504 e. The first-order valence-electron chi connectivity index (χ1n) is 6.10. The van der Waals surface area contributed by atoms with Gasteiger partial charge in [0.05, 0.1) is 6.61 Å². The molecular weight excluding hydrogens is 252 g/mol. The average molecular weight is 275 g/mol. The minimum atomic E-state index is -0.0265. The molecule has 0 heterocycles. The third-order valence-corrected chi connectivity index (χ3v) is 2.68. The molecular formula is C13H23ClN2O2. The normalized spacial score (nSPS) is 11.7. The molecule has 0 unspecified atom stereocenters. The van der Waals surface area contributed by atoms with Gasteiger partial charge in [0.15, 0.2) is 11.5 Å². The van der Waals surface area contributed by atoms with Crippen LogP contribution in [0.1, 0.15) is 37.8 Å². The fraction of sp³-hybridized carbons (Fsp3) is 0.538. The number of phenols is 1. The highest BCUT2D eigenvalue weighted by Gasteiger charge is 2.09. The Morgan fingerprint density at radius 3 is 2.67 bits per heavy atom. The maximum atomic E-state index is 9.58. The Labute approximate surface area is 115 Å². The van der Waals surface area contributed by atoms with Crippen molar-refractivity contribution in [1.82, 2.24) is 0 Å². The van der Waals surface area contributed by atoms with Crippen LogP contribution in [0.5, 0.6) is 11.5 Å². The van der Waals surface area contributed by atoms with Crippen molar-refractivity contribution in [1.29, 1.82) is 0 Å². The molecule has 1 atom stereocenters. The Morgan fingerprint density at radius 1 is 1.33 bits per heavy atom. The molecule has 0 spiro atoms. The van der Waals surface area contributed by atoms with Crippen molar-refractivity contribution >= 4 is 12.4 Å². The van der Waals surface area contributed by atoms with E-state index in [1.54, 1.807) is 6.07 Å². The van der Waals surface area contributed by atoms with Gasteiger partial charge in [0, 0.05) is 6.04 Å². The topological polar surface area (TPSA) is 81.5 Å². The van der Waals surface area contributed by atoms with Gasteiger partial charge < -0.3 is 21.3 Å². The lowest BCUT2D eigenvalue weighted by atomic mass is 10.0. The number of rotatable bonds is 7. The smallest absolute Gasteiger partial charge is 0.161 e. The number of phenolic OH excluding ortho intramolecular Hbond substituents is 1. The SMILES string of the molecule is CCOc1cc([C@H](N)CCCCN)ccc1O.Cl. The summed E-state index contributed by atoms with van der Waals surface area (Å²) in [6, 6.07) is 5.25. The van der Waals surface area contributed by atoms with E-state index in [1.165, 1.54) is 0 Å². The summed E-state index contributed by atoms with van der Waals surface area (Å²) in [5.41, 5.74) is 12.5. The number of nitrogens with two attached hydrogens (primary N) is 2. The van der Waals surface area contributed by atoms with Crippen molar-refractivity contribution in [3.8, 4) is 11.5 Å². The van der Waals surface area contributed by atoms with Crippen LogP contribution in [0.25, 0.3) is 0 Å². The van der Waals surface area contributed by atoms with Gasteiger partial charge in [0.2, 0.25) is 0 Å². The summed E-state index contributed by atoms with van der Waals surface area (Å²) in [7, 11) is 0. The summed E-state index contributed by atoms with van der Waals surface area (Å²) in [6.45, 7) is 3.11. The van der Waals surface area contributed by atoms with Gasteiger partial charge in [-0.15, -0.1) is 12.4 Å². The van der Waals surface area contributed by atoms with E-state index < -0.39 is 0 Å². The largest absolute Gasteiger partial charge is 0.504 e. The van der Waals surface area contributed by atoms with Gasteiger partial charge in [-0.3, -0.25) is 0 Å². The summed E-state index contributed by atoms with van der Waals surface area (Å²) < 4.78 is 5.33. The molecule has 5 N–H and O–H groups in total. The first-order chi connectivity index (χ1) is 8.19. The van der Waals surface area contributed by atoms with Crippen molar-refractivity contribution in [2.24, 2.45) is 11.5 Å². The molecule has 104 valence electrons. The minimum absolute atomic E-state index is 0. The van der Waals surface area contributed by atoms with Gasteiger partial charge in [-0.2, -0.15) is 0 Å². The zero-order valence-electron chi connectivity index (χ0n) is 10.8. The molecule has 0 saturated carbocycles. The maximum Gasteiger partial charge on any atom is 0.161 e. The van der Waals surface area contributed by atoms with Gasteiger partial charge in [-0.05, 0) is 44.0 Å². The van der Waals surface area contributed by atoms with Crippen molar-refractivity contribution in [2.45, 2.75) is 32.2 Å². The third kappa shape index (κ3) is 5.12. The van der Waals surface area contributed by atoms with Gasteiger partial charge in [0.25, 0.3) is 0 Å². The van der Waals surface area contributed by atoms with E-state index in [0.717, 1.165) is 24.8 Å². The molecule has 0 amide bonds. The maximum absolute atomic E-state index is 9.58. The number of aromatic hydroxyl groups is 1. The van der Waals surface area contributed by atoms with Crippen molar-refractivity contribution in [3.63, 3.8) is 0 Å². The molecule has 0 saturated heterocycles. The van der Waals surface area contributed by atoms with Crippen LogP contribution in [-0.4, -0.2) is 18.3 Å². The number of unbranched alkanes of at least 4 members (excludes halogenated alkanes) is 1. The summed E-state index contributed by atoms with van der Waals surface area (Å²) >= 11 is 0. The second-order valence-corrected chi connectivity index (χ2v) is 4.05. The van der Waals surface area contributed by atoms with Crippen molar-refractivity contribution in [3.05, 3.63) is 23.8 Å². The molecule has 0 aliphatic carbocycles. The van der Waals surface area contributed by atoms with E-state index in [9.17, 15) is 5.11 Å². The monoisotopic (exact) mass is 274 g/mol. The van der Waals surface area contributed by atoms with Crippen LogP contribution >= 0.6 is 12.4 Å². The molecule has 1 aromatic rings. The summed E-state index contributed by atoms with van der Waals surface area (Å²) in [5, 5.41) is 9.58. The number of halogens is 1. The van der Waals surface area contributed by atoms with Crippen LogP contribution in [0.3, 0.4) is 0 Å². The van der Waals surface area contributed by atoms with Crippen LogP contribution in [0.4, 0.5) is 0 Å². The molecule has 0 radical (unpaired) electrons. The fourth-order valence-electron chi connectivity index (χ4n) is 1.71. The molecule has 0 aliphatic rings. The lowest BCUT2D eigenvalue weighted by molar-refractivity contribution is 0.317. The summed E-state index contributed by atoms with van der Waals surface area (Å²) in [5.74, 6) is 0.657. The Kier molecular flexibility index (Phi) is 8.54. The lowest BCUT2D eigenvalue weighted by Gasteiger charge is -2.14. The molecule has 0 aromatic heterocycles. The zero-order valence-corrected chi connectivity index (χ0v) is 11.6. The van der Waals surface area contributed by atoms with Gasteiger partial charge >= 0.3 is 0 Å². The predicted octanol–water partition coefficient (Wildman–Crippen LogP) is 2.34. The number of ether oxygens (including phenoxy) is 1. The highest BCUT2D eigenvalue weighted by molar-refractivity contribution is 5.85. The molecule has 5 heteroatoms. The first-order valence-corrected chi connectivity index (χ1v) is 6.10. The van der Waals surface area contributed by atoms with Crippen LogP contribution in [0, 0.1) is 0 Å². The van der Waals surface area contributed by atoms with Gasteiger partial charge in [0.1, 0.15) is 0 Å². The fourth-order valence-corrected chi connectivity index (χ4v) is 1.71. The summed E-state index contributed by atoms with van der Waals surface area (Å²) in [4.78, 5) is 0. The first kappa shape index (κ1) is 17.0. The molecule has 0 bridgehead atoms. The number of benzene rings is 1. The Balaban J connectivity index is 0.00000289. The van der Waals surface area contributed by atoms with E-state index in [0.29, 0.717) is 18.9 Å². The molecule has 0 fully saturated rings. The predicted molar refractivity (Wildman–Crippen MR) is 76.4 cm³/mol. The van der Waals surface area contributed by atoms with E-state index in [1.807, 2.05) is 19.1 Å². The van der Waals surface area contributed by atoms with Gasteiger partial charge in [-0.1, -0.05) is 12.5 Å². The number of hydrogen-bond acceptors (Lipinski definition) is 4. The standard InChI is InChI=1S/C13H22N2O2.ClH/c1-2-17-13-9-10(6-7-12(13)16)11(15)5-3-4-8-14;/h6-7,9,11,16H,2-5,8,14-15H2,1H3;1H/t11-;/m1./s1. The Morgan fingerprint density at radius 2 is 2.06 bits per heavy atom. The Hall–Kier alpha value is -0.970. The van der Waals surface area contributed by atoms with E-state index in [-0.39, 0.29) is 24.2 Å². The second kappa shape index (κ2) is 9.03. The quantitative estimate of drug-likeness (QED) is 0.667. The Bertz CT molecular complexity index is 348. The van der Waals surface area contributed by atoms with E-state index >= 15 is 0 Å². The highest BCUT2D eigenvalue weighted by atomic mass is 35.5. The molecule has 18 heavy (non-hydrogen) atoms. The molecule has 4 nitrogen and oxygen atoms in total. The van der Waals surface area contributed by atoms with Gasteiger partial charge in [-0.25, -0.2) is 0 Å². The van der Waals surface area contributed by atoms with E-state index in [2.05, 4.69) is 0 Å². The van der Waals surface area contributed by atoms with Crippen LogP contribution < -0.4 is 16.2 Å². The van der Waals surface area contributed by atoms with Crippen LogP contribution in [-0.2, 0) is 0 Å². The molecule has 0 aliphatic heterocycles. The molecule has 1 rings (SSSR count). The lowest BCUT2D eigenvalue weighted by Crippen LogP contribution is -2.11. The van der Waals surface area contributed by atoms with Crippen molar-refractivity contribution in [2.75, 3.05) is 13.2 Å². The number of hydrogen-bond donors (Lipinski definition) is 3. The third-order valence-electron chi connectivity index (χ3n) is 2.68. The zero-order chi connectivity index (χ0) is 12.7. The van der Waals surface area contributed by atoms with E-state index in [4.69, 9.17) is 16.2 Å². The molecule has 1 aromatic carbocycles. The van der Waals surface area contributed by atoms with Crippen LogP contribution in [0.15, 0.2) is 18.2 Å². The average Bonchev–Trinajstić information content (AvgIpc) is 2.32. The second-order valence-electron chi connectivity index (χ2n) is 4.05. The highest BCUT2D eigenvalue weighted by Crippen LogP contribution is 2.29. The van der Waals surface area contributed by atoms with Crippen LogP contribution in [0.2, 0.25) is 0 Å². The summed E-state index contributed by atoms with van der Waals surface area (Å²) in [6.07, 6.45) is 2.90. The van der Waals surface area contributed by atoms with Crippen molar-refractivity contribution < 1.29 is 9.84 Å².